The van der Waals surface area contributed by atoms with E-state index in [-0.39, 0.29) is 5.41 Å². The fraction of sp³-hybridized carbons (Fsp3) is 0.400. The standard InChI is InChI=1S/C20H24OS/c1-15(2)12-22-14-20(13-21-3)18-10-6-4-8-16(18)17-9-5-7-11-19(17)20/h4-11,15H,12-14H2,1-3H3. The number of hydrogen-bond donors (Lipinski definition) is 0. The molecule has 1 aliphatic carbocycles. The maximum atomic E-state index is 5.69. The molecule has 0 amide bonds. The van der Waals surface area contributed by atoms with Gasteiger partial charge >= 0.3 is 0 Å². The van der Waals surface area contributed by atoms with Crippen molar-refractivity contribution in [3.05, 3.63) is 59.7 Å². The van der Waals surface area contributed by atoms with E-state index < -0.39 is 0 Å². The van der Waals surface area contributed by atoms with Gasteiger partial charge in [-0.05, 0) is 33.9 Å². The SMILES string of the molecule is COCC1(CSCC(C)C)c2ccccc2-c2ccccc21. The van der Waals surface area contributed by atoms with E-state index in [0.717, 1.165) is 18.3 Å². The lowest BCUT2D eigenvalue weighted by atomic mass is 9.81. The van der Waals surface area contributed by atoms with Gasteiger partial charge < -0.3 is 4.74 Å². The Morgan fingerprint density at radius 1 is 0.955 bits per heavy atom. The van der Waals surface area contributed by atoms with Crippen molar-refractivity contribution in [2.24, 2.45) is 5.92 Å². The van der Waals surface area contributed by atoms with E-state index in [2.05, 4.69) is 62.4 Å². The summed E-state index contributed by atoms with van der Waals surface area (Å²) in [7, 11) is 1.82. The van der Waals surface area contributed by atoms with Gasteiger partial charge in [-0.15, -0.1) is 0 Å². The van der Waals surface area contributed by atoms with Gasteiger partial charge in [0.1, 0.15) is 0 Å². The zero-order valence-corrected chi connectivity index (χ0v) is 14.5. The molecule has 0 atom stereocenters. The summed E-state index contributed by atoms with van der Waals surface area (Å²) in [6.45, 7) is 5.31. The fourth-order valence-corrected chi connectivity index (χ4v) is 4.82. The lowest BCUT2D eigenvalue weighted by Gasteiger charge is -2.31. The second kappa shape index (κ2) is 6.47. The van der Waals surface area contributed by atoms with Crippen LogP contribution in [-0.4, -0.2) is 25.2 Å². The summed E-state index contributed by atoms with van der Waals surface area (Å²) in [6, 6.07) is 17.6. The van der Waals surface area contributed by atoms with Crippen molar-refractivity contribution < 1.29 is 4.74 Å². The minimum atomic E-state index is -0.0124. The smallest absolute Gasteiger partial charge is 0.0608 e. The van der Waals surface area contributed by atoms with Gasteiger partial charge in [-0.2, -0.15) is 11.8 Å². The quantitative estimate of drug-likeness (QED) is 0.743. The Balaban J connectivity index is 2.07. The molecule has 0 fully saturated rings. The Labute approximate surface area is 138 Å². The van der Waals surface area contributed by atoms with Crippen LogP contribution in [0.5, 0.6) is 0 Å². The molecule has 0 heterocycles. The monoisotopic (exact) mass is 312 g/mol. The molecule has 2 heteroatoms. The van der Waals surface area contributed by atoms with Gasteiger partial charge in [-0.1, -0.05) is 62.4 Å². The molecule has 116 valence electrons. The van der Waals surface area contributed by atoms with Gasteiger partial charge in [0.05, 0.1) is 12.0 Å². The zero-order valence-electron chi connectivity index (χ0n) is 13.6. The molecule has 0 saturated carbocycles. The second-order valence-corrected chi connectivity index (χ2v) is 7.55. The number of fused-ring (bicyclic) bond motifs is 3. The largest absolute Gasteiger partial charge is 0.383 e. The molecule has 1 aliphatic rings. The van der Waals surface area contributed by atoms with E-state index in [1.165, 1.54) is 28.0 Å². The molecule has 0 aliphatic heterocycles. The number of rotatable bonds is 6. The third-order valence-electron chi connectivity index (χ3n) is 4.37. The van der Waals surface area contributed by atoms with Crippen molar-refractivity contribution in [2.75, 3.05) is 25.2 Å². The molecule has 1 nitrogen and oxygen atoms in total. The molecule has 0 spiro atoms. The highest BCUT2D eigenvalue weighted by atomic mass is 32.2. The molecule has 2 aromatic rings. The number of thioether (sulfide) groups is 1. The minimum Gasteiger partial charge on any atom is -0.383 e. The average molecular weight is 312 g/mol. The Morgan fingerprint density at radius 3 is 2.00 bits per heavy atom. The summed E-state index contributed by atoms with van der Waals surface area (Å²) in [5.74, 6) is 2.99. The van der Waals surface area contributed by atoms with E-state index in [9.17, 15) is 0 Å². The second-order valence-electron chi connectivity index (χ2n) is 6.52. The van der Waals surface area contributed by atoms with Gasteiger partial charge in [0.25, 0.3) is 0 Å². The first kappa shape index (κ1) is 15.6. The average Bonchev–Trinajstić information content (AvgIpc) is 2.79. The maximum Gasteiger partial charge on any atom is 0.0608 e. The van der Waals surface area contributed by atoms with E-state index in [1.54, 1.807) is 0 Å². The van der Waals surface area contributed by atoms with Crippen LogP contribution in [0.2, 0.25) is 0 Å². The van der Waals surface area contributed by atoms with Gasteiger partial charge in [-0.3, -0.25) is 0 Å². The van der Waals surface area contributed by atoms with Gasteiger partial charge in [0, 0.05) is 12.9 Å². The van der Waals surface area contributed by atoms with Crippen LogP contribution in [0.25, 0.3) is 11.1 Å². The molecule has 0 radical (unpaired) electrons. The molecular weight excluding hydrogens is 288 g/mol. The minimum absolute atomic E-state index is 0.0124. The molecule has 0 saturated heterocycles. The van der Waals surface area contributed by atoms with Crippen LogP contribution < -0.4 is 0 Å². The molecule has 0 N–H and O–H groups in total. The van der Waals surface area contributed by atoms with E-state index >= 15 is 0 Å². The summed E-state index contributed by atoms with van der Waals surface area (Å²) in [6.07, 6.45) is 0. The summed E-state index contributed by atoms with van der Waals surface area (Å²) >= 11 is 2.04. The molecule has 2 aromatic carbocycles. The summed E-state index contributed by atoms with van der Waals surface area (Å²) in [4.78, 5) is 0. The molecular formula is C20H24OS. The predicted molar refractivity (Wildman–Crippen MR) is 96.7 cm³/mol. The number of benzene rings is 2. The van der Waals surface area contributed by atoms with Crippen molar-refractivity contribution in [2.45, 2.75) is 19.3 Å². The maximum absolute atomic E-state index is 5.69. The Hall–Kier alpha value is -1.25. The first-order chi connectivity index (χ1) is 10.7. The predicted octanol–water partition coefficient (Wildman–Crippen LogP) is 4.99. The van der Waals surface area contributed by atoms with E-state index in [0.29, 0.717) is 0 Å². The third-order valence-corrected chi connectivity index (χ3v) is 5.97. The van der Waals surface area contributed by atoms with Crippen LogP contribution in [0.4, 0.5) is 0 Å². The third kappa shape index (κ3) is 2.59. The van der Waals surface area contributed by atoms with Crippen LogP contribution in [0, 0.1) is 5.92 Å². The zero-order chi connectivity index (χ0) is 15.6. The summed E-state index contributed by atoms with van der Waals surface area (Å²) in [5, 5.41) is 0. The number of methoxy groups -OCH3 is 1. The lowest BCUT2D eigenvalue weighted by Crippen LogP contribution is -2.34. The van der Waals surface area contributed by atoms with Crippen LogP contribution in [0.15, 0.2) is 48.5 Å². The van der Waals surface area contributed by atoms with Gasteiger partial charge in [0.15, 0.2) is 0 Å². The Bertz CT molecular complexity index is 602. The topological polar surface area (TPSA) is 9.23 Å². The fourth-order valence-electron chi connectivity index (χ4n) is 3.48. The van der Waals surface area contributed by atoms with Crippen molar-refractivity contribution in [1.29, 1.82) is 0 Å². The molecule has 0 aromatic heterocycles. The van der Waals surface area contributed by atoms with E-state index in [1.807, 2.05) is 18.9 Å². The summed E-state index contributed by atoms with van der Waals surface area (Å²) in [5.41, 5.74) is 5.59. The van der Waals surface area contributed by atoms with E-state index in [4.69, 9.17) is 4.74 Å². The lowest BCUT2D eigenvalue weighted by molar-refractivity contribution is 0.159. The molecule has 22 heavy (non-hydrogen) atoms. The first-order valence-corrected chi connectivity index (χ1v) is 9.10. The van der Waals surface area contributed by atoms with Crippen molar-refractivity contribution >= 4 is 11.8 Å². The highest BCUT2D eigenvalue weighted by Gasteiger charge is 2.42. The Morgan fingerprint density at radius 2 is 1.50 bits per heavy atom. The highest BCUT2D eigenvalue weighted by Crippen LogP contribution is 2.50. The van der Waals surface area contributed by atoms with Crippen molar-refractivity contribution in [3.63, 3.8) is 0 Å². The Kier molecular flexibility index (Phi) is 4.60. The van der Waals surface area contributed by atoms with Crippen LogP contribution in [0.1, 0.15) is 25.0 Å². The number of hydrogen-bond acceptors (Lipinski definition) is 2. The van der Waals surface area contributed by atoms with Crippen LogP contribution >= 0.6 is 11.8 Å². The van der Waals surface area contributed by atoms with Gasteiger partial charge in [0.2, 0.25) is 0 Å². The number of ether oxygens (including phenoxy) is 1. The summed E-state index contributed by atoms with van der Waals surface area (Å²) < 4.78 is 5.69. The molecule has 0 bridgehead atoms. The highest BCUT2D eigenvalue weighted by molar-refractivity contribution is 7.99. The first-order valence-electron chi connectivity index (χ1n) is 7.95. The van der Waals surface area contributed by atoms with Crippen LogP contribution in [0.3, 0.4) is 0 Å². The van der Waals surface area contributed by atoms with Crippen molar-refractivity contribution in [3.8, 4) is 11.1 Å². The molecule has 0 unspecified atom stereocenters. The van der Waals surface area contributed by atoms with Crippen molar-refractivity contribution in [1.82, 2.24) is 0 Å². The normalized spacial score (nSPS) is 14.9. The van der Waals surface area contributed by atoms with Gasteiger partial charge in [-0.25, -0.2) is 0 Å². The van der Waals surface area contributed by atoms with Crippen LogP contribution in [-0.2, 0) is 10.2 Å². The molecule has 3 rings (SSSR count).